The molecule has 0 N–H and O–H groups in total. The van der Waals surface area contributed by atoms with Crippen LogP contribution < -0.4 is 0 Å². The first-order valence-corrected chi connectivity index (χ1v) is 11.6. The minimum absolute atomic E-state index is 0.105. The summed E-state index contributed by atoms with van der Waals surface area (Å²) in [5.74, 6) is -0.0493. The van der Waals surface area contributed by atoms with Gasteiger partial charge in [0.05, 0.1) is 17.7 Å². The Morgan fingerprint density at radius 2 is 1.97 bits per heavy atom. The van der Waals surface area contributed by atoms with Gasteiger partial charge in [0.2, 0.25) is 0 Å². The number of esters is 1. The number of carbonyl (C=O) groups excluding carboxylic acids is 2. The van der Waals surface area contributed by atoms with Gasteiger partial charge >= 0.3 is 5.97 Å². The molecule has 0 atom stereocenters. The summed E-state index contributed by atoms with van der Waals surface area (Å²) in [4.78, 5) is 25.7. The summed E-state index contributed by atoms with van der Waals surface area (Å²) in [6, 6.07) is 13.3. The van der Waals surface area contributed by atoms with Gasteiger partial charge in [-0.05, 0) is 56.2 Å². The first-order valence-electron chi connectivity index (χ1n) is 9.99. The molecule has 0 fully saturated rings. The van der Waals surface area contributed by atoms with Gasteiger partial charge in [0, 0.05) is 27.4 Å². The first kappa shape index (κ1) is 24.2. The molecule has 0 aliphatic carbocycles. The molecule has 0 saturated heterocycles. The van der Waals surface area contributed by atoms with Gasteiger partial charge in [-0.25, -0.2) is 4.79 Å². The maximum Gasteiger partial charge on any atom is 0.348 e. The van der Waals surface area contributed by atoms with Gasteiger partial charge in [-0.15, -0.1) is 11.3 Å². The van der Waals surface area contributed by atoms with Crippen molar-refractivity contribution >= 4 is 45.1 Å². The Hall–Kier alpha value is -3.46. The predicted molar refractivity (Wildman–Crippen MR) is 129 cm³/mol. The summed E-state index contributed by atoms with van der Waals surface area (Å²) >= 11 is 4.56. The molecule has 33 heavy (non-hydrogen) atoms. The molecule has 0 unspecified atom stereocenters. The monoisotopic (exact) mass is 522 g/mol. The second-order valence-electron chi connectivity index (χ2n) is 7.14. The Morgan fingerprint density at radius 1 is 1.21 bits per heavy atom. The zero-order valence-corrected chi connectivity index (χ0v) is 20.6. The van der Waals surface area contributed by atoms with Gasteiger partial charge in [0.15, 0.2) is 5.78 Å². The summed E-state index contributed by atoms with van der Waals surface area (Å²) in [5.41, 5.74) is 2.58. The number of nitriles is 2. The third-order valence-corrected chi connectivity index (χ3v) is 6.77. The molecular formula is C25H19BrN2O4S. The van der Waals surface area contributed by atoms with E-state index < -0.39 is 11.8 Å². The molecule has 0 radical (unpaired) electrons. The highest BCUT2D eigenvalue weighted by Crippen LogP contribution is 2.32. The topological polar surface area (TPSA) is 104 Å². The lowest BCUT2D eigenvalue weighted by Gasteiger charge is -2.02. The zero-order valence-electron chi connectivity index (χ0n) is 18.2. The van der Waals surface area contributed by atoms with Crippen molar-refractivity contribution in [3.05, 3.63) is 72.6 Å². The second kappa shape index (κ2) is 10.4. The number of furan rings is 1. The molecule has 3 aromatic rings. The maximum atomic E-state index is 12.8. The number of carbonyl (C=O) groups is 2. The predicted octanol–water partition coefficient (Wildman–Crippen LogP) is 6.15. The van der Waals surface area contributed by atoms with E-state index in [-0.39, 0.29) is 29.0 Å². The molecule has 3 rings (SSSR count). The normalized spacial score (nSPS) is 11.0. The quantitative estimate of drug-likeness (QED) is 0.209. The minimum atomic E-state index is -0.531. The van der Waals surface area contributed by atoms with E-state index in [1.807, 2.05) is 37.3 Å². The molecule has 0 spiro atoms. The highest BCUT2D eigenvalue weighted by Gasteiger charge is 2.23. The van der Waals surface area contributed by atoms with E-state index in [9.17, 15) is 20.1 Å². The van der Waals surface area contributed by atoms with E-state index in [0.717, 1.165) is 26.9 Å². The number of halogens is 1. The number of ether oxygens (including phenoxy) is 1. The number of hydrogen-bond acceptors (Lipinski definition) is 7. The van der Waals surface area contributed by atoms with Crippen molar-refractivity contribution in [3.63, 3.8) is 0 Å². The number of ketones is 1. The van der Waals surface area contributed by atoms with E-state index in [1.165, 1.54) is 6.08 Å². The summed E-state index contributed by atoms with van der Waals surface area (Å²) < 4.78 is 11.7. The van der Waals surface area contributed by atoms with Crippen LogP contribution in [0.25, 0.3) is 17.4 Å². The van der Waals surface area contributed by atoms with Crippen molar-refractivity contribution in [2.75, 3.05) is 6.61 Å². The number of thiophene rings is 1. The van der Waals surface area contributed by atoms with Crippen LogP contribution in [0.1, 0.15) is 43.9 Å². The van der Waals surface area contributed by atoms with Gasteiger partial charge < -0.3 is 9.15 Å². The van der Waals surface area contributed by atoms with Gasteiger partial charge in [-0.1, -0.05) is 22.0 Å². The van der Waals surface area contributed by atoms with Crippen LogP contribution in [0.2, 0.25) is 0 Å². The molecule has 1 aromatic carbocycles. The van der Waals surface area contributed by atoms with Crippen LogP contribution in [0.5, 0.6) is 0 Å². The number of rotatable bonds is 7. The standard InChI is InChI=1S/C25H19BrN2O4S/c1-4-31-25(30)24-15(3)19(13-28)23(33-24)11-21(29)16(12-27)10-17-6-8-22(32-17)18-7-5-14(2)9-20(18)26/h5-10H,4,11H2,1-3H3. The number of hydrogen-bond donors (Lipinski definition) is 0. The summed E-state index contributed by atoms with van der Waals surface area (Å²) in [6.45, 7) is 5.53. The lowest BCUT2D eigenvalue weighted by Crippen LogP contribution is -2.05. The number of aryl methyl sites for hydroxylation is 1. The van der Waals surface area contributed by atoms with Crippen LogP contribution in [0, 0.1) is 36.5 Å². The minimum Gasteiger partial charge on any atom is -0.462 e. The van der Waals surface area contributed by atoms with Crippen molar-refractivity contribution in [2.45, 2.75) is 27.2 Å². The fourth-order valence-electron chi connectivity index (χ4n) is 3.19. The fraction of sp³-hybridized carbons (Fsp3) is 0.200. The average molecular weight is 523 g/mol. The lowest BCUT2D eigenvalue weighted by molar-refractivity contribution is -0.114. The molecule has 0 bridgehead atoms. The zero-order chi connectivity index (χ0) is 24.1. The highest BCUT2D eigenvalue weighted by molar-refractivity contribution is 9.10. The van der Waals surface area contributed by atoms with Crippen LogP contribution >= 0.6 is 27.3 Å². The van der Waals surface area contributed by atoms with Crippen molar-refractivity contribution in [1.29, 1.82) is 10.5 Å². The fourth-order valence-corrected chi connectivity index (χ4v) is 5.03. The average Bonchev–Trinajstić information content (AvgIpc) is 3.36. The smallest absolute Gasteiger partial charge is 0.348 e. The van der Waals surface area contributed by atoms with Crippen LogP contribution in [0.3, 0.4) is 0 Å². The van der Waals surface area contributed by atoms with Crippen LogP contribution in [-0.2, 0) is 16.0 Å². The second-order valence-corrected chi connectivity index (χ2v) is 9.10. The number of Topliss-reactive ketones (excluding diaryl/α,β-unsaturated/α-hetero) is 1. The van der Waals surface area contributed by atoms with Crippen LogP contribution in [0.4, 0.5) is 0 Å². The maximum absolute atomic E-state index is 12.8. The number of allylic oxidation sites excluding steroid dienone is 1. The van der Waals surface area contributed by atoms with Crippen molar-refractivity contribution in [1.82, 2.24) is 0 Å². The van der Waals surface area contributed by atoms with Crippen LogP contribution in [-0.4, -0.2) is 18.4 Å². The molecule has 0 amide bonds. The Morgan fingerprint density at radius 3 is 2.61 bits per heavy atom. The van der Waals surface area contributed by atoms with E-state index in [1.54, 1.807) is 26.0 Å². The Balaban J connectivity index is 1.87. The molecular weight excluding hydrogens is 504 g/mol. The number of benzene rings is 1. The SMILES string of the molecule is CCOC(=O)c1sc(CC(=O)C(C#N)=Cc2ccc(-c3ccc(C)cc3Br)o2)c(C#N)c1C. The summed E-state index contributed by atoms with van der Waals surface area (Å²) in [5, 5.41) is 19.1. The van der Waals surface area contributed by atoms with Crippen molar-refractivity contribution < 1.29 is 18.7 Å². The highest BCUT2D eigenvalue weighted by atomic mass is 79.9. The van der Waals surface area contributed by atoms with E-state index in [4.69, 9.17) is 9.15 Å². The molecule has 166 valence electrons. The molecule has 0 saturated carbocycles. The number of nitrogens with zero attached hydrogens (tertiary/aromatic N) is 2. The molecule has 0 aliphatic heterocycles. The summed E-state index contributed by atoms with van der Waals surface area (Å²) in [6.07, 6.45) is 1.21. The molecule has 0 aliphatic rings. The molecule has 2 heterocycles. The third-order valence-electron chi connectivity index (χ3n) is 4.84. The van der Waals surface area contributed by atoms with E-state index in [0.29, 0.717) is 22.0 Å². The van der Waals surface area contributed by atoms with Crippen molar-refractivity contribution in [2.24, 2.45) is 0 Å². The van der Waals surface area contributed by atoms with Gasteiger partial charge in [-0.3, -0.25) is 4.79 Å². The first-order chi connectivity index (χ1) is 15.8. The van der Waals surface area contributed by atoms with Gasteiger partial charge in [0.25, 0.3) is 0 Å². The van der Waals surface area contributed by atoms with Gasteiger partial charge in [-0.2, -0.15) is 10.5 Å². The van der Waals surface area contributed by atoms with Crippen molar-refractivity contribution in [3.8, 4) is 23.5 Å². The third kappa shape index (κ3) is 5.31. The van der Waals surface area contributed by atoms with E-state index >= 15 is 0 Å². The summed E-state index contributed by atoms with van der Waals surface area (Å²) in [7, 11) is 0. The van der Waals surface area contributed by atoms with E-state index in [2.05, 4.69) is 15.9 Å². The molecule has 8 heteroatoms. The Bertz CT molecular complexity index is 1350. The largest absolute Gasteiger partial charge is 0.462 e. The van der Waals surface area contributed by atoms with Gasteiger partial charge in [0.1, 0.15) is 28.5 Å². The Labute approximate surface area is 203 Å². The van der Waals surface area contributed by atoms with Crippen LogP contribution in [0.15, 0.2) is 44.8 Å². The lowest BCUT2D eigenvalue weighted by atomic mass is 10.0. The Kier molecular flexibility index (Phi) is 7.65. The molecule has 2 aromatic heterocycles. The molecule has 6 nitrogen and oxygen atoms in total.